The number of hydrogen-bond donors (Lipinski definition) is 0. The maximum absolute atomic E-state index is 14.3. The van der Waals surface area contributed by atoms with Crippen molar-refractivity contribution in [2.24, 2.45) is 0 Å². The van der Waals surface area contributed by atoms with Crippen molar-refractivity contribution < 1.29 is 9.49 Å². The van der Waals surface area contributed by atoms with E-state index >= 15 is 0 Å². The molecule has 2 atom stereocenters. The van der Waals surface area contributed by atoms with Crippen molar-refractivity contribution in [1.82, 2.24) is 9.34 Å². The molecule has 0 aromatic heterocycles. The number of hydrogen-bond acceptors (Lipinski definition) is 3. The zero-order valence-corrected chi connectivity index (χ0v) is 16.6. The fraction of sp³-hybridized carbons (Fsp3) is 0.368. The molecule has 0 radical (unpaired) electrons. The Bertz CT molecular complexity index is 774. The number of nitrogens with zero attached hydrogens (tertiary/aromatic N) is 3. The summed E-state index contributed by atoms with van der Waals surface area (Å²) in [5, 5.41) is 11.0. The van der Waals surface area contributed by atoms with Gasteiger partial charge in [-0.1, -0.05) is 56.3 Å². The first kappa shape index (κ1) is 20.3. The van der Waals surface area contributed by atoms with Gasteiger partial charge in [-0.25, -0.2) is 9.34 Å². The minimum Gasteiger partial charge on any atom is -0.288 e. The summed E-state index contributed by atoms with van der Waals surface area (Å²) in [5.41, 5.74) is 1.39. The van der Waals surface area contributed by atoms with Gasteiger partial charge in [0.25, 0.3) is 5.69 Å². The molecule has 140 valence electrons. The minimum absolute atomic E-state index is 0.0306. The van der Waals surface area contributed by atoms with Crippen LogP contribution in [-0.4, -0.2) is 41.4 Å². The standard InChI is InChI=1S/C19H26N3O3P/c1-5-21(6-2)26(25,20(3)4)19(16-10-8-7-9-11-16)17-12-14-18(15-13-17)22(23)24/h7-15,19H,5-6H2,1-4H3. The van der Waals surface area contributed by atoms with E-state index in [0.29, 0.717) is 13.1 Å². The van der Waals surface area contributed by atoms with Crippen LogP contribution in [0.15, 0.2) is 54.6 Å². The van der Waals surface area contributed by atoms with Gasteiger partial charge in [-0.2, -0.15) is 0 Å². The second-order valence-electron chi connectivity index (χ2n) is 6.24. The second-order valence-corrected chi connectivity index (χ2v) is 9.30. The molecule has 2 aromatic carbocycles. The van der Waals surface area contributed by atoms with Crippen molar-refractivity contribution in [3.8, 4) is 0 Å². The van der Waals surface area contributed by atoms with E-state index in [0.717, 1.165) is 11.1 Å². The lowest BCUT2D eigenvalue weighted by Crippen LogP contribution is -2.31. The first-order valence-corrected chi connectivity index (χ1v) is 10.4. The number of nitro benzene ring substituents is 1. The topological polar surface area (TPSA) is 66.7 Å². The van der Waals surface area contributed by atoms with E-state index in [4.69, 9.17) is 0 Å². The number of benzene rings is 2. The Kier molecular flexibility index (Phi) is 6.70. The summed E-state index contributed by atoms with van der Waals surface area (Å²) in [6, 6.07) is 16.1. The van der Waals surface area contributed by atoms with Crippen LogP contribution in [0.25, 0.3) is 0 Å². The maximum atomic E-state index is 14.3. The third-order valence-electron chi connectivity index (χ3n) is 4.58. The third kappa shape index (κ3) is 3.88. The quantitative estimate of drug-likeness (QED) is 0.377. The van der Waals surface area contributed by atoms with Crippen molar-refractivity contribution in [2.75, 3.05) is 27.2 Å². The summed E-state index contributed by atoms with van der Waals surface area (Å²) in [6.07, 6.45) is 0. The van der Waals surface area contributed by atoms with E-state index < -0.39 is 12.4 Å². The molecule has 6 nitrogen and oxygen atoms in total. The van der Waals surface area contributed by atoms with Crippen LogP contribution in [0.3, 0.4) is 0 Å². The predicted octanol–water partition coefficient (Wildman–Crippen LogP) is 4.78. The van der Waals surface area contributed by atoms with Crippen molar-refractivity contribution in [3.63, 3.8) is 0 Å². The van der Waals surface area contributed by atoms with Gasteiger partial charge in [0, 0.05) is 25.2 Å². The Balaban J connectivity index is 2.67. The van der Waals surface area contributed by atoms with Gasteiger partial charge >= 0.3 is 0 Å². The summed E-state index contributed by atoms with van der Waals surface area (Å²) >= 11 is 0. The Morgan fingerprint density at radius 1 is 0.962 bits per heavy atom. The number of rotatable bonds is 8. The van der Waals surface area contributed by atoms with Gasteiger partial charge in [-0.3, -0.25) is 14.7 Å². The van der Waals surface area contributed by atoms with Gasteiger partial charge in [-0.15, -0.1) is 0 Å². The fourth-order valence-electron chi connectivity index (χ4n) is 3.27. The molecule has 0 bridgehead atoms. The Labute approximate surface area is 155 Å². The van der Waals surface area contributed by atoms with Gasteiger partial charge in [0.2, 0.25) is 7.44 Å². The van der Waals surface area contributed by atoms with Crippen LogP contribution in [0.4, 0.5) is 5.69 Å². The highest BCUT2D eigenvalue weighted by Crippen LogP contribution is 2.65. The average Bonchev–Trinajstić information content (AvgIpc) is 2.64. The van der Waals surface area contributed by atoms with Gasteiger partial charge in [0.15, 0.2) is 0 Å². The van der Waals surface area contributed by atoms with Crippen LogP contribution in [0, 0.1) is 10.1 Å². The molecule has 0 heterocycles. The molecule has 7 heteroatoms. The first-order chi connectivity index (χ1) is 12.4. The predicted molar refractivity (Wildman–Crippen MR) is 106 cm³/mol. The molecule has 0 saturated heterocycles. The smallest absolute Gasteiger partial charge is 0.269 e. The summed E-state index contributed by atoms with van der Waals surface area (Å²) in [4.78, 5) is 10.6. The molecular weight excluding hydrogens is 349 g/mol. The van der Waals surface area contributed by atoms with Crippen LogP contribution < -0.4 is 0 Å². The molecule has 0 aliphatic rings. The summed E-state index contributed by atoms with van der Waals surface area (Å²) < 4.78 is 18.1. The van der Waals surface area contributed by atoms with Crippen molar-refractivity contribution in [2.45, 2.75) is 19.5 Å². The molecule has 0 aliphatic carbocycles. The van der Waals surface area contributed by atoms with E-state index in [2.05, 4.69) is 0 Å². The molecule has 2 unspecified atom stereocenters. The Hall–Kier alpha value is -2.01. The highest BCUT2D eigenvalue weighted by molar-refractivity contribution is 7.59. The largest absolute Gasteiger partial charge is 0.288 e. The van der Waals surface area contributed by atoms with E-state index in [1.165, 1.54) is 12.1 Å². The highest BCUT2D eigenvalue weighted by atomic mass is 31.2. The fourth-order valence-corrected chi connectivity index (χ4v) is 6.50. The van der Waals surface area contributed by atoms with Gasteiger partial charge in [0.05, 0.1) is 10.6 Å². The summed E-state index contributed by atoms with van der Waals surface area (Å²) in [5.74, 6) is 0. The molecule has 26 heavy (non-hydrogen) atoms. The SMILES string of the molecule is CCN(CC)P(=O)(C(c1ccccc1)c1ccc([N+](=O)[O-])cc1)N(C)C. The monoisotopic (exact) mass is 375 g/mol. The Morgan fingerprint density at radius 2 is 1.46 bits per heavy atom. The zero-order chi connectivity index (χ0) is 19.3. The molecule has 0 saturated carbocycles. The lowest BCUT2D eigenvalue weighted by Gasteiger charge is -2.40. The molecule has 2 rings (SSSR count). The maximum Gasteiger partial charge on any atom is 0.269 e. The lowest BCUT2D eigenvalue weighted by atomic mass is 10.0. The summed E-state index contributed by atoms with van der Waals surface area (Å²) in [6.45, 7) is 5.31. The van der Waals surface area contributed by atoms with Crippen molar-refractivity contribution in [3.05, 3.63) is 75.8 Å². The van der Waals surface area contributed by atoms with Crippen LogP contribution in [0.1, 0.15) is 30.6 Å². The lowest BCUT2D eigenvalue weighted by molar-refractivity contribution is -0.384. The van der Waals surface area contributed by atoms with Crippen LogP contribution in [0.5, 0.6) is 0 Å². The van der Waals surface area contributed by atoms with E-state index in [9.17, 15) is 14.7 Å². The minimum atomic E-state index is -3.00. The van der Waals surface area contributed by atoms with E-state index in [1.807, 2.05) is 62.9 Å². The Morgan fingerprint density at radius 3 is 1.88 bits per heavy atom. The van der Waals surface area contributed by atoms with Crippen molar-refractivity contribution in [1.29, 1.82) is 0 Å². The molecular formula is C19H26N3O3P. The normalized spacial score (nSPS) is 15.0. The molecule has 2 aromatic rings. The average molecular weight is 375 g/mol. The van der Waals surface area contributed by atoms with Gasteiger partial charge in [0.1, 0.15) is 0 Å². The molecule has 0 spiro atoms. The first-order valence-electron chi connectivity index (χ1n) is 8.68. The molecule has 0 aliphatic heterocycles. The van der Waals surface area contributed by atoms with E-state index in [-0.39, 0.29) is 11.3 Å². The number of non-ortho nitro benzene ring substituents is 1. The zero-order valence-electron chi connectivity index (χ0n) is 15.7. The molecule has 0 amide bonds. The summed E-state index contributed by atoms with van der Waals surface area (Å²) in [7, 11) is 0.670. The van der Waals surface area contributed by atoms with Crippen LogP contribution in [-0.2, 0) is 4.57 Å². The third-order valence-corrected chi connectivity index (χ3v) is 8.37. The van der Waals surface area contributed by atoms with E-state index in [1.54, 1.807) is 16.8 Å². The van der Waals surface area contributed by atoms with Gasteiger partial charge in [-0.05, 0) is 25.2 Å². The highest BCUT2D eigenvalue weighted by Gasteiger charge is 2.42. The van der Waals surface area contributed by atoms with Crippen molar-refractivity contribution >= 4 is 13.1 Å². The van der Waals surface area contributed by atoms with Crippen LogP contribution in [0.2, 0.25) is 0 Å². The number of nitro groups is 1. The second kappa shape index (κ2) is 8.58. The molecule has 0 N–H and O–H groups in total. The van der Waals surface area contributed by atoms with Crippen LogP contribution >= 0.6 is 7.44 Å². The molecule has 0 fully saturated rings. The van der Waals surface area contributed by atoms with Gasteiger partial charge < -0.3 is 0 Å².